The lowest BCUT2D eigenvalue weighted by molar-refractivity contribution is 0.673. The predicted molar refractivity (Wildman–Crippen MR) is 204 cm³/mol. The summed E-state index contributed by atoms with van der Waals surface area (Å²) in [7, 11) is 0. The van der Waals surface area contributed by atoms with Crippen LogP contribution in [0.25, 0.3) is 110 Å². The lowest BCUT2D eigenvalue weighted by Gasteiger charge is -2.14. The van der Waals surface area contributed by atoms with Crippen LogP contribution in [0.2, 0.25) is 0 Å². The minimum atomic E-state index is 0.899. The second-order valence-electron chi connectivity index (χ2n) is 13.2. The Morgan fingerprint density at radius 3 is 1.69 bits per heavy atom. The molecule has 0 saturated carbocycles. The molecule has 3 aromatic heterocycles. The van der Waals surface area contributed by atoms with Crippen LogP contribution < -0.4 is 0 Å². The molecular weight excluding hydrogens is 597 g/mol. The maximum absolute atomic E-state index is 6.97. The number of para-hydroxylation sites is 4. The van der Waals surface area contributed by atoms with Crippen molar-refractivity contribution in [1.29, 1.82) is 0 Å². The summed E-state index contributed by atoms with van der Waals surface area (Å²) in [5.74, 6) is 0. The van der Waals surface area contributed by atoms with Crippen molar-refractivity contribution in [3.63, 3.8) is 0 Å². The molecule has 0 spiro atoms. The van der Waals surface area contributed by atoms with Gasteiger partial charge >= 0.3 is 0 Å². The topological polar surface area (TPSA) is 23.0 Å². The molecule has 0 bridgehead atoms. The van der Waals surface area contributed by atoms with Crippen molar-refractivity contribution >= 4 is 76.3 Å². The Kier molecular flexibility index (Phi) is 4.72. The van der Waals surface area contributed by atoms with Gasteiger partial charge < -0.3 is 13.6 Å². The Labute approximate surface area is 280 Å². The van der Waals surface area contributed by atoms with E-state index in [0.29, 0.717) is 0 Å². The predicted octanol–water partition coefficient (Wildman–Crippen LogP) is 12.6. The van der Waals surface area contributed by atoms with E-state index < -0.39 is 0 Å². The SMILES string of the molecule is c1ccc(-n2c3ccccc3c3c4c(c5ccccc5n4-c4ccc5c6c(cccc46)-c4ccccc4-5)c4oc5ccccc5c4c32)cc1. The molecule has 226 valence electrons. The van der Waals surface area contributed by atoms with Crippen LogP contribution in [-0.2, 0) is 0 Å². The molecule has 0 aliphatic heterocycles. The second-order valence-corrected chi connectivity index (χ2v) is 13.2. The van der Waals surface area contributed by atoms with Gasteiger partial charge in [0.05, 0.1) is 38.5 Å². The molecule has 0 amide bonds. The van der Waals surface area contributed by atoms with Crippen molar-refractivity contribution in [3.05, 3.63) is 158 Å². The Balaban J connectivity index is 1.38. The average molecular weight is 623 g/mol. The highest BCUT2D eigenvalue weighted by molar-refractivity contribution is 6.39. The lowest BCUT2D eigenvalue weighted by atomic mass is 10.0. The van der Waals surface area contributed by atoms with Gasteiger partial charge in [0.1, 0.15) is 11.2 Å². The number of benzene rings is 8. The number of hydrogen-bond donors (Lipinski definition) is 0. The fourth-order valence-corrected chi connectivity index (χ4v) is 8.96. The highest BCUT2D eigenvalue weighted by Gasteiger charge is 2.29. The Morgan fingerprint density at radius 2 is 0.898 bits per heavy atom. The van der Waals surface area contributed by atoms with Crippen molar-refractivity contribution in [1.82, 2.24) is 9.13 Å². The van der Waals surface area contributed by atoms with E-state index in [4.69, 9.17) is 4.42 Å². The highest BCUT2D eigenvalue weighted by atomic mass is 16.3. The first-order chi connectivity index (χ1) is 24.4. The zero-order chi connectivity index (χ0) is 31.8. The number of hydrogen-bond acceptors (Lipinski definition) is 1. The summed E-state index contributed by atoms with van der Waals surface area (Å²) in [5.41, 5.74) is 14.0. The summed E-state index contributed by atoms with van der Waals surface area (Å²) >= 11 is 0. The van der Waals surface area contributed by atoms with Crippen LogP contribution in [0, 0.1) is 0 Å². The number of nitrogens with zero attached hydrogens (tertiary/aromatic N) is 2. The molecule has 1 aliphatic carbocycles. The molecule has 1 aliphatic rings. The quantitative estimate of drug-likeness (QED) is 0.188. The van der Waals surface area contributed by atoms with Crippen LogP contribution in [0.4, 0.5) is 0 Å². The van der Waals surface area contributed by atoms with Gasteiger partial charge in [-0.2, -0.15) is 0 Å². The smallest absolute Gasteiger partial charge is 0.147 e. The van der Waals surface area contributed by atoms with Gasteiger partial charge in [-0.15, -0.1) is 0 Å². The van der Waals surface area contributed by atoms with Crippen LogP contribution in [0.5, 0.6) is 0 Å². The Hall–Kier alpha value is -6.58. The fraction of sp³-hybridized carbons (Fsp3) is 0. The van der Waals surface area contributed by atoms with Gasteiger partial charge in [-0.25, -0.2) is 0 Å². The monoisotopic (exact) mass is 622 g/mol. The number of fused-ring (bicyclic) bond motifs is 15. The molecule has 8 aromatic carbocycles. The second kappa shape index (κ2) is 9.06. The Bertz CT molecular complexity index is 3180. The van der Waals surface area contributed by atoms with Crippen molar-refractivity contribution in [2.24, 2.45) is 0 Å². The van der Waals surface area contributed by atoms with Gasteiger partial charge in [-0.1, -0.05) is 121 Å². The first kappa shape index (κ1) is 25.5. The average Bonchev–Trinajstić information content (AvgIpc) is 3.90. The van der Waals surface area contributed by atoms with E-state index in [-0.39, 0.29) is 0 Å². The van der Waals surface area contributed by atoms with Gasteiger partial charge in [-0.3, -0.25) is 0 Å². The number of rotatable bonds is 2. The molecule has 12 rings (SSSR count). The largest absolute Gasteiger partial charge is 0.455 e. The summed E-state index contributed by atoms with van der Waals surface area (Å²) in [6, 6.07) is 57.2. The van der Waals surface area contributed by atoms with Gasteiger partial charge in [0.25, 0.3) is 0 Å². The molecule has 3 heteroatoms. The van der Waals surface area contributed by atoms with Crippen molar-refractivity contribution in [3.8, 4) is 33.6 Å². The first-order valence-corrected chi connectivity index (χ1v) is 16.9. The Morgan fingerprint density at radius 1 is 0.347 bits per heavy atom. The maximum atomic E-state index is 6.97. The highest BCUT2D eigenvalue weighted by Crippen LogP contribution is 2.52. The van der Waals surface area contributed by atoms with E-state index in [9.17, 15) is 0 Å². The minimum absolute atomic E-state index is 0.899. The zero-order valence-corrected chi connectivity index (χ0v) is 26.3. The summed E-state index contributed by atoms with van der Waals surface area (Å²) in [4.78, 5) is 0. The molecule has 3 nitrogen and oxygen atoms in total. The van der Waals surface area contributed by atoms with E-state index in [1.54, 1.807) is 0 Å². The molecule has 49 heavy (non-hydrogen) atoms. The molecule has 11 aromatic rings. The third kappa shape index (κ3) is 3.09. The van der Waals surface area contributed by atoms with Crippen LogP contribution in [-0.4, -0.2) is 9.13 Å². The maximum Gasteiger partial charge on any atom is 0.147 e. The summed E-state index contributed by atoms with van der Waals surface area (Å²) in [6.45, 7) is 0. The summed E-state index contributed by atoms with van der Waals surface area (Å²) < 4.78 is 11.9. The molecule has 0 fully saturated rings. The summed E-state index contributed by atoms with van der Waals surface area (Å²) in [5, 5.41) is 9.64. The van der Waals surface area contributed by atoms with Crippen molar-refractivity contribution in [2.45, 2.75) is 0 Å². The lowest BCUT2D eigenvalue weighted by Crippen LogP contribution is -1.97. The van der Waals surface area contributed by atoms with Gasteiger partial charge in [0, 0.05) is 32.6 Å². The van der Waals surface area contributed by atoms with Gasteiger partial charge in [0.2, 0.25) is 0 Å². The van der Waals surface area contributed by atoms with E-state index in [1.807, 2.05) is 0 Å². The van der Waals surface area contributed by atoms with Crippen molar-refractivity contribution < 1.29 is 4.42 Å². The normalized spacial score (nSPS) is 12.5. The molecule has 0 saturated heterocycles. The molecular formula is C46H26N2O. The first-order valence-electron chi connectivity index (χ1n) is 16.9. The number of aromatic nitrogens is 2. The van der Waals surface area contributed by atoms with E-state index in [2.05, 4.69) is 167 Å². The van der Waals surface area contributed by atoms with Crippen molar-refractivity contribution in [2.75, 3.05) is 0 Å². The van der Waals surface area contributed by atoms with E-state index in [1.165, 1.54) is 76.9 Å². The molecule has 0 atom stereocenters. The molecule has 3 heterocycles. The van der Waals surface area contributed by atoms with Crippen LogP contribution in [0.3, 0.4) is 0 Å². The zero-order valence-electron chi connectivity index (χ0n) is 26.3. The summed E-state index contributed by atoms with van der Waals surface area (Å²) in [6.07, 6.45) is 0. The fourth-order valence-electron chi connectivity index (χ4n) is 8.96. The standard InChI is InChI=1S/C46H26N2O/c1-2-13-27(14-3-1)47-36-22-9-6-17-33(36)41-44(47)43-35-19-8-11-24-39(35)49-46(43)42-34-18-7-10-23-37(34)48(45(41)42)38-26-25-31-29-16-5-4-15-28(29)30-20-12-21-32(38)40(30)31/h1-26H. The molecule has 0 radical (unpaired) electrons. The van der Waals surface area contributed by atoms with E-state index in [0.717, 1.165) is 33.0 Å². The van der Waals surface area contributed by atoms with Gasteiger partial charge in [-0.05, 0) is 64.0 Å². The molecule has 0 N–H and O–H groups in total. The van der Waals surface area contributed by atoms with Crippen LogP contribution in [0.15, 0.2) is 162 Å². The van der Waals surface area contributed by atoms with Crippen LogP contribution >= 0.6 is 0 Å². The van der Waals surface area contributed by atoms with Crippen LogP contribution in [0.1, 0.15) is 0 Å². The minimum Gasteiger partial charge on any atom is -0.455 e. The van der Waals surface area contributed by atoms with E-state index >= 15 is 0 Å². The van der Waals surface area contributed by atoms with Gasteiger partial charge in [0.15, 0.2) is 0 Å². The number of furan rings is 1. The molecule has 0 unspecified atom stereocenters. The third-order valence-electron chi connectivity index (χ3n) is 10.8. The third-order valence-corrected chi connectivity index (χ3v) is 10.8.